The Labute approximate surface area is 181 Å². The zero-order valence-corrected chi connectivity index (χ0v) is 17.7. The lowest BCUT2D eigenvalue weighted by atomic mass is 10.0. The summed E-state index contributed by atoms with van der Waals surface area (Å²) in [5.74, 6) is -1.35. The number of aromatic hydroxyl groups is 1. The van der Waals surface area contributed by atoms with E-state index < -0.39 is 17.8 Å². The Morgan fingerprint density at radius 2 is 2.00 bits per heavy atom. The highest BCUT2D eigenvalue weighted by molar-refractivity contribution is 9.10. The smallest absolute Gasteiger partial charge is 0.335 e. The van der Waals surface area contributed by atoms with Crippen molar-refractivity contribution in [2.75, 3.05) is 11.5 Å². The van der Waals surface area contributed by atoms with E-state index in [1.165, 1.54) is 12.1 Å². The summed E-state index contributed by atoms with van der Waals surface area (Å²) in [5.41, 5.74) is 1.10. The summed E-state index contributed by atoms with van der Waals surface area (Å²) < 4.78 is 6.14. The Balaban J connectivity index is 2.07. The number of benzene rings is 2. The molecule has 1 aliphatic rings. The van der Waals surface area contributed by atoms with Crippen molar-refractivity contribution in [3.63, 3.8) is 0 Å². The van der Waals surface area contributed by atoms with E-state index >= 15 is 0 Å². The fourth-order valence-corrected chi connectivity index (χ4v) is 3.41. The van der Waals surface area contributed by atoms with Gasteiger partial charge in [0, 0.05) is 10.0 Å². The third-order valence-electron chi connectivity index (χ3n) is 4.32. The molecule has 0 unspecified atom stereocenters. The van der Waals surface area contributed by atoms with Gasteiger partial charge in [0.2, 0.25) is 0 Å². The number of hydrogen-bond donors (Lipinski definition) is 2. The number of nitrogens with one attached hydrogen (secondary N) is 1. The molecule has 0 atom stereocenters. The van der Waals surface area contributed by atoms with Gasteiger partial charge in [0.25, 0.3) is 11.8 Å². The summed E-state index contributed by atoms with van der Waals surface area (Å²) in [4.78, 5) is 38.6. The molecule has 1 heterocycles. The van der Waals surface area contributed by atoms with Crippen LogP contribution >= 0.6 is 15.9 Å². The van der Waals surface area contributed by atoms with Gasteiger partial charge in [0.1, 0.15) is 5.57 Å². The predicted molar refractivity (Wildman–Crippen MR) is 116 cm³/mol. The molecular formula is C22H19BrN2O5. The average Bonchev–Trinajstić information content (AvgIpc) is 2.69. The Kier molecular flexibility index (Phi) is 6.37. The largest absolute Gasteiger partial charge is 0.504 e. The minimum atomic E-state index is -0.826. The van der Waals surface area contributed by atoms with E-state index in [-0.39, 0.29) is 17.1 Å². The second-order valence-electron chi connectivity index (χ2n) is 6.39. The van der Waals surface area contributed by atoms with E-state index in [0.29, 0.717) is 34.3 Å². The number of urea groups is 1. The Morgan fingerprint density at radius 3 is 2.67 bits per heavy atom. The molecule has 30 heavy (non-hydrogen) atoms. The van der Waals surface area contributed by atoms with Gasteiger partial charge in [-0.15, -0.1) is 6.58 Å². The SMILES string of the molecule is C=CCc1cc(/C=C2/C(=O)NC(=O)N(c3cccc(Br)c3)C2=O)cc(OCC)c1O. The van der Waals surface area contributed by atoms with Gasteiger partial charge < -0.3 is 9.84 Å². The van der Waals surface area contributed by atoms with Crippen LogP contribution < -0.4 is 15.0 Å². The van der Waals surface area contributed by atoms with Crippen LogP contribution in [0, 0.1) is 0 Å². The number of phenols is 1. The van der Waals surface area contributed by atoms with Crippen LogP contribution in [-0.2, 0) is 16.0 Å². The van der Waals surface area contributed by atoms with E-state index in [9.17, 15) is 19.5 Å². The standard InChI is InChI=1S/C22H19BrN2O5/c1-3-6-14-9-13(11-18(19(14)26)30-4-2)10-17-20(27)24-22(29)25(21(17)28)16-8-5-7-15(23)12-16/h3,5,7-12,26H,1,4,6H2,2H3,(H,24,27,29)/b17-10-. The van der Waals surface area contributed by atoms with Crippen molar-refractivity contribution in [3.05, 3.63) is 70.2 Å². The van der Waals surface area contributed by atoms with Crippen molar-refractivity contribution in [1.29, 1.82) is 0 Å². The number of halogens is 1. The third-order valence-corrected chi connectivity index (χ3v) is 4.81. The fraction of sp³-hybridized carbons (Fsp3) is 0.136. The van der Waals surface area contributed by atoms with E-state index in [1.54, 1.807) is 43.3 Å². The minimum Gasteiger partial charge on any atom is -0.504 e. The molecule has 0 aromatic heterocycles. The zero-order valence-electron chi connectivity index (χ0n) is 16.1. The summed E-state index contributed by atoms with van der Waals surface area (Å²) >= 11 is 3.30. The molecule has 1 aliphatic heterocycles. The molecule has 1 fully saturated rings. The average molecular weight is 471 g/mol. The van der Waals surface area contributed by atoms with Gasteiger partial charge in [0.05, 0.1) is 12.3 Å². The first-order valence-electron chi connectivity index (χ1n) is 9.12. The summed E-state index contributed by atoms with van der Waals surface area (Å²) in [6.07, 6.45) is 3.35. The summed E-state index contributed by atoms with van der Waals surface area (Å²) in [6.45, 7) is 5.77. The molecular weight excluding hydrogens is 452 g/mol. The Hall–Kier alpha value is -3.39. The number of carbonyl (C=O) groups excluding carboxylic acids is 3. The van der Waals surface area contributed by atoms with Gasteiger partial charge in [-0.3, -0.25) is 14.9 Å². The summed E-state index contributed by atoms with van der Waals surface area (Å²) in [7, 11) is 0. The number of anilines is 1. The molecule has 154 valence electrons. The fourth-order valence-electron chi connectivity index (χ4n) is 3.02. The van der Waals surface area contributed by atoms with E-state index in [1.807, 2.05) is 0 Å². The molecule has 0 bridgehead atoms. The van der Waals surface area contributed by atoms with Crippen LogP contribution in [0.4, 0.5) is 10.5 Å². The van der Waals surface area contributed by atoms with Gasteiger partial charge in [0.15, 0.2) is 11.5 Å². The van der Waals surface area contributed by atoms with Crippen molar-refractivity contribution in [2.24, 2.45) is 0 Å². The van der Waals surface area contributed by atoms with Crippen LogP contribution in [0.15, 0.2) is 59.1 Å². The van der Waals surface area contributed by atoms with E-state index in [2.05, 4.69) is 27.8 Å². The van der Waals surface area contributed by atoms with Gasteiger partial charge in [-0.1, -0.05) is 28.1 Å². The predicted octanol–water partition coefficient (Wildman–Crippen LogP) is 3.95. The van der Waals surface area contributed by atoms with Crippen molar-refractivity contribution in [1.82, 2.24) is 5.32 Å². The van der Waals surface area contributed by atoms with Gasteiger partial charge in [-0.05, 0) is 55.3 Å². The normalized spacial score (nSPS) is 15.3. The number of barbiturate groups is 1. The minimum absolute atomic E-state index is 0.0238. The van der Waals surface area contributed by atoms with Crippen molar-refractivity contribution in [3.8, 4) is 11.5 Å². The van der Waals surface area contributed by atoms with Crippen molar-refractivity contribution in [2.45, 2.75) is 13.3 Å². The maximum absolute atomic E-state index is 13.0. The first-order valence-corrected chi connectivity index (χ1v) is 9.91. The highest BCUT2D eigenvalue weighted by Crippen LogP contribution is 2.34. The number of ether oxygens (including phenoxy) is 1. The third kappa shape index (κ3) is 4.28. The van der Waals surface area contributed by atoms with Crippen LogP contribution in [0.25, 0.3) is 6.08 Å². The number of phenolic OH excluding ortho intramolecular Hbond substituents is 1. The van der Waals surface area contributed by atoms with Crippen LogP contribution in [0.3, 0.4) is 0 Å². The lowest BCUT2D eigenvalue weighted by molar-refractivity contribution is -0.122. The molecule has 2 aromatic carbocycles. The second kappa shape index (κ2) is 8.96. The lowest BCUT2D eigenvalue weighted by Crippen LogP contribution is -2.54. The highest BCUT2D eigenvalue weighted by atomic mass is 79.9. The molecule has 0 spiro atoms. The molecule has 0 saturated carbocycles. The molecule has 0 radical (unpaired) electrons. The van der Waals surface area contributed by atoms with Crippen molar-refractivity contribution >= 4 is 45.5 Å². The van der Waals surface area contributed by atoms with Crippen LogP contribution in [0.5, 0.6) is 11.5 Å². The van der Waals surface area contributed by atoms with Crippen LogP contribution in [0.2, 0.25) is 0 Å². The zero-order chi connectivity index (χ0) is 21.8. The number of nitrogens with zero attached hydrogens (tertiary/aromatic N) is 1. The molecule has 8 heteroatoms. The molecule has 7 nitrogen and oxygen atoms in total. The number of hydrogen-bond acceptors (Lipinski definition) is 5. The summed E-state index contributed by atoms with van der Waals surface area (Å²) in [5, 5.41) is 12.5. The molecule has 2 N–H and O–H groups in total. The van der Waals surface area contributed by atoms with E-state index in [4.69, 9.17) is 4.74 Å². The first-order chi connectivity index (χ1) is 14.3. The number of imide groups is 2. The van der Waals surface area contributed by atoms with Gasteiger partial charge in [-0.25, -0.2) is 9.69 Å². The number of rotatable bonds is 6. The first kappa shape index (κ1) is 21.3. The maximum atomic E-state index is 13.0. The van der Waals surface area contributed by atoms with Crippen LogP contribution in [-0.4, -0.2) is 29.6 Å². The number of amides is 4. The number of allylic oxidation sites excluding steroid dienone is 1. The van der Waals surface area contributed by atoms with E-state index in [0.717, 1.165) is 4.90 Å². The molecule has 2 aromatic rings. The number of carbonyl (C=O) groups is 3. The Bertz CT molecular complexity index is 1080. The second-order valence-corrected chi connectivity index (χ2v) is 7.31. The van der Waals surface area contributed by atoms with Crippen LogP contribution in [0.1, 0.15) is 18.1 Å². The monoisotopic (exact) mass is 470 g/mol. The van der Waals surface area contributed by atoms with Gasteiger partial charge in [-0.2, -0.15) is 0 Å². The van der Waals surface area contributed by atoms with Crippen molar-refractivity contribution < 1.29 is 24.2 Å². The van der Waals surface area contributed by atoms with Gasteiger partial charge >= 0.3 is 6.03 Å². The highest BCUT2D eigenvalue weighted by Gasteiger charge is 2.36. The molecule has 3 rings (SSSR count). The maximum Gasteiger partial charge on any atom is 0.335 e. The molecule has 4 amide bonds. The lowest BCUT2D eigenvalue weighted by Gasteiger charge is -2.26. The quantitative estimate of drug-likeness (QED) is 0.378. The summed E-state index contributed by atoms with van der Waals surface area (Å²) in [6, 6.07) is 8.95. The molecule has 1 saturated heterocycles. The molecule has 0 aliphatic carbocycles. The topological polar surface area (TPSA) is 95.9 Å². The Morgan fingerprint density at radius 1 is 1.23 bits per heavy atom.